The van der Waals surface area contributed by atoms with E-state index in [-0.39, 0.29) is 5.82 Å². The fourth-order valence-electron chi connectivity index (χ4n) is 3.65. The van der Waals surface area contributed by atoms with Crippen molar-refractivity contribution in [2.24, 2.45) is 0 Å². The monoisotopic (exact) mass is 341 g/mol. The van der Waals surface area contributed by atoms with E-state index in [1.165, 1.54) is 31.4 Å². The van der Waals surface area contributed by atoms with Gasteiger partial charge in [-0.25, -0.2) is 14.4 Å². The molecule has 4 rings (SSSR count). The molecule has 0 amide bonds. The fourth-order valence-corrected chi connectivity index (χ4v) is 3.65. The molecule has 0 radical (unpaired) electrons. The van der Waals surface area contributed by atoms with Crippen molar-refractivity contribution in [3.63, 3.8) is 0 Å². The van der Waals surface area contributed by atoms with Crippen LogP contribution in [-0.4, -0.2) is 49.2 Å². The van der Waals surface area contributed by atoms with Gasteiger partial charge >= 0.3 is 0 Å². The van der Waals surface area contributed by atoms with E-state index in [1.54, 1.807) is 6.33 Å². The number of piperazine rings is 1. The molecular weight excluding hydrogens is 317 g/mol. The molecule has 0 aliphatic carbocycles. The highest BCUT2D eigenvalue weighted by atomic mass is 19.1. The van der Waals surface area contributed by atoms with Gasteiger partial charge in [-0.2, -0.15) is 0 Å². The number of aromatic nitrogens is 2. The average Bonchev–Trinajstić information content (AvgIpc) is 2.70. The summed E-state index contributed by atoms with van der Waals surface area (Å²) >= 11 is 0. The summed E-state index contributed by atoms with van der Waals surface area (Å²) in [6, 6.07) is 8.88. The highest BCUT2D eigenvalue weighted by Gasteiger charge is 2.20. The Bertz CT molecular complexity index is 691. The van der Waals surface area contributed by atoms with Crippen molar-refractivity contribution in [1.29, 1.82) is 0 Å². The van der Waals surface area contributed by atoms with Gasteiger partial charge < -0.3 is 14.7 Å². The van der Waals surface area contributed by atoms with Gasteiger partial charge in [0.2, 0.25) is 0 Å². The lowest BCUT2D eigenvalue weighted by Gasteiger charge is -2.37. The van der Waals surface area contributed by atoms with Gasteiger partial charge in [-0.1, -0.05) is 0 Å². The number of anilines is 3. The second kappa shape index (κ2) is 7.25. The summed E-state index contributed by atoms with van der Waals surface area (Å²) < 4.78 is 13.1. The van der Waals surface area contributed by atoms with Crippen LogP contribution >= 0.6 is 0 Å². The van der Waals surface area contributed by atoms with Crippen LogP contribution in [0.5, 0.6) is 0 Å². The standard InChI is InChI=1S/C19H24FN5/c20-16-4-6-17(7-5-16)23-10-12-25(13-11-23)19-14-18(21-15-22-19)24-8-2-1-3-9-24/h4-7,14-15H,1-3,8-13H2. The third-order valence-corrected chi connectivity index (χ3v) is 5.11. The lowest BCUT2D eigenvalue weighted by molar-refractivity contribution is 0.572. The van der Waals surface area contributed by atoms with Crippen LogP contribution in [0.1, 0.15) is 19.3 Å². The first-order valence-corrected chi connectivity index (χ1v) is 9.12. The van der Waals surface area contributed by atoms with Crippen LogP contribution in [0, 0.1) is 5.82 Å². The Kier molecular flexibility index (Phi) is 4.68. The summed E-state index contributed by atoms with van der Waals surface area (Å²) in [5, 5.41) is 0. The number of rotatable bonds is 3. The summed E-state index contributed by atoms with van der Waals surface area (Å²) in [5.74, 6) is 1.87. The molecule has 2 aliphatic rings. The van der Waals surface area contributed by atoms with Crippen LogP contribution in [0.15, 0.2) is 36.7 Å². The van der Waals surface area contributed by atoms with Gasteiger partial charge in [-0.3, -0.25) is 0 Å². The number of hydrogen-bond acceptors (Lipinski definition) is 5. The zero-order valence-electron chi connectivity index (χ0n) is 14.4. The summed E-state index contributed by atoms with van der Waals surface area (Å²) in [7, 11) is 0. The Morgan fingerprint density at radius 2 is 1.24 bits per heavy atom. The number of hydrogen-bond donors (Lipinski definition) is 0. The van der Waals surface area contributed by atoms with E-state index >= 15 is 0 Å². The molecule has 1 aromatic carbocycles. The van der Waals surface area contributed by atoms with Crippen molar-refractivity contribution in [1.82, 2.24) is 9.97 Å². The second-order valence-electron chi connectivity index (χ2n) is 6.73. The summed E-state index contributed by atoms with van der Waals surface area (Å²) in [5.41, 5.74) is 1.08. The molecule has 2 aliphatic heterocycles. The first kappa shape index (κ1) is 16.1. The molecule has 2 aromatic rings. The molecule has 132 valence electrons. The molecule has 2 fully saturated rings. The number of piperidine rings is 1. The highest BCUT2D eigenvalue weighted by molar-refractivity contribution is 5.53. The molecule has 0 N–H and O–H groups in total. The van der Waals surface area contributed by atoms with Crippen LogP contribution in [0.4, 0.5) is 21.7 Å². The lowest BCUT2D eigenvalue weighted by atomic mass is 10.1. The zero-order valence-corrected chi connectivity index (χ0v) is 14.4. The largest absolute Gasteiger partial charge is 0.368 e. The molecule has 0 saturated carbocycles. The first-order chi connectivity index (χ1) is 12.3. The van der Waals surface area contributed by atoms with Crippen molar-refractivity contribution < 1.29 is 4.39 Å². The minimum atomic E-state index is -0.186. The highest BCUT2D eigenvalue weighted by Crippen LogP contribution is 2.23. The molecule has 2 saturated heterocycles. The molecule has 6 heteroatoms. The second-order valence-corrected chi connectivity index (χ2v) is 6.73. The maximum atomic E-state index is 13.1. The Morgan fingerprint density at radius 1 is 0.680 bits per heavy atom. The minimum Gasteiger partial charge on any atom is -0.368 e. The summed E-state index contributed by atoms with van der Waals surface area (Å²) in [6.45, 7) is 5.83. The van der Waals surface area contributed by atoms with Gasteiger partial charge in [0.15, 0.2) is 0 Å². The van der Waals surface area contributed by atoms with Crippen LogP contribution in [0.25, 0.3) is 0 Å². The zero-order chi connectivity index (χ0) is 17.1. The van der Waals surface area contributed by atoms with Gasteiger partial charge in [-0.05, 0) is 43.5 Å². The maximum Gasteiger partial charge on any atom is 0.134 e. The lowest BCUT2D eigenvalue weighted by Crippen LogP contribution is -2.47. The van der Waals surface area contributed by atoms with Crippen LogP contribution < -0.4 is 14.7 Å². The van der Waals surface area contributed by atoms with Gasteiger partial charge in [0, 0.05) is 51.0 Å². The SMILES string of the molecule is Fc1ccc(N2CCN(c3cc(N4CCCCC4)ncn3)CC2)cc1. The van der Waals surface area contributed by atoms with Crippen LogP contribution in [0.3, 0.4) is 0 Å². The normalized spacial score (nSPS) is 18.5. The molecule has 0 bridgehead atoms. The van der Waals surface area contributed by atoms with Gasteiger partial charge in [0.05, 0.1) is 0 Å². The average molecular weight is 341 g/mol. The Hall–Kier alpha value is -2.37. The molecule has 0 atom stereocenters. The van der Waals surface area contributed by atoms with Crippen LogP contribution in [-0.2, 0) is 0 Å². The van der Waals surface area contributed by atoms with E-state index in [9.17, 15) is 4.39 Å². The predicted octanol–water partition coefficient (Wildman–Crippen LogP) is 2.93. The molecule has 25 heavy (non-hydrogen) atoms. The first-order valence-electron chi connectivity index (χ1n) is 9.12. The fraction of sp³-hybridized carbons (Fsp3) is 0.474. The van der Waals surface area contributed by atoms with Gasteiger partial charge in [-0.15, -0.1) is 0 Å². The predicted molar refractivity (Wildman–Crippen MR) is 98.9 cm³/mol. The topological polar surface area (TPSA) is 35.5 Å². The van der Waals surface area contributed by atoms with Crippen molar-refractivity contribution in [3.05, 3.63) is 42.5 Å². The molecule has 3 heterocycles. The van der Waals surface area contributed by atoms with Crippen molar-refractivity contribution >= 4 is 17.3 Å². The molecule has 5 nitrogen and oxygen atoms in total. The smallest absolute Gasteiger partial charge is 0.134 e. The molecule has 1 aromatic heterocycles. The Balaban J connectivity index is 1.41. The third-order valence-electron chi connectivity index (χ3n) is 5.11. The van der Waals surface area contributed by atoms with E-state index in [0.717, 1.165) is 56.6 Å². The van der Waals surface area contributed by atoms with E-state index in [2.05, 4.69) is 30.7 Å². The van der Waals surface area contributed by atoms with E-state index in [0.29, 0.717) is 0 Å². The Labute approximate surface area is 148 Å². The number of halogens is 1. The van der Waals surface area contributed by atoms with E-state index in [1.807, 2.05) is 12.1 Å². The minimum absolute atomic E-state index is 0.186. The molecule has 0 spiro atoms. The maximum absolute atomic E-state index is 13.1. The number of nitrogens with zero attached hydrogens (tertiary/aromatic N) is 5. The quantitative estimate of drug-likeness (QED) is 0.858. The van der Waals surface area contributed by atoms with Gasteiger partial charge in [0.1, 0.15) is 23.8 Å². The van der Waals surface area contributed by atoms with E-state index in [4.69, 9.17) is 0 Å². The van der Waals surface area contributed by atoms with Crippen molar-refractivity contribution in [2.45, 2.75) is 19.3 Å². The summed E-state index contributed by atoms with van der Waals surface area (Å²) in [4.78, 5) is 15.9. The van der Waals surface area contributed by atoms with Gasteiger partial charge in [0.25, 0.3) is 0 Å². The summed E-state index contributed by atoms with van der Waals surface area (Å²) in [6.07, 6.45) is 5.50. The third kappa shape index (κ3) is 3.67. The molecular formula is C19H24FN5. The van der Waals surface area contributed by atoms with Crippen LogP contribution in [0.2, 0.25) is 0 Å². The molecule has 0 unspecified atom stereocenters. The van der Waals surface area contributed by atoms with Crippen molar-refractivity contribution in [3.8, 4) is 0 Å². The number of benzene rings is 1. The van der Waals surface area contributed by atoms with E-state index < -0.39 is 0 Å². The van der Waals surface area contributed by atoms with Crippen molar-refractivity contribution in [2.75, 3.05) is 54.0 Å². The Morgan fingerprint density at radius 3 is 1.88 bits per heavy atom.